The van der Waals surface area contributed by atoms with Gasteiger partial charge in [0, 0.05) is 0 Å². The summed E-state index contributed by atoms with van der Waals surface area (Å²) in [5, 5.41) is 3.35. The first-order chi connectivity index (χ1) is 6.88. The van der Waals surface area contributed by atoms with E-state index in [0.717, 1.165) is 11.8 Å². The maximum atomic E-state index is 3.35. The molecule has 0 aromatic heterocycles. The van der Waals surface area contributed by atoms with Crippen molar-refractivity contribution in [3.05, 3.63) is 0 Å². The lowest BCUT2D eigenvalue weighted by Gasteiger charge is -2.31. The lowest BCUT2D eigenvalue weighted by molar-refractivity contribution is 0.229. The molecule has 1 nitrogen and oxygen atoms in total. The zero-order valence-corrected chi connectivity index (χ0v) is 10.5. The summed E-state index contributed by atoms with van der Waals surface area (Å²) in [6.45, 7) is 3.50. The number of hydrogen-bond acceptors (Lipinski definition) is 2. The van der Waals surface area contributed by atoms with Gasteiger partial charge in [-0.3, -0.25) is 0 Å². The number of rotatable bonds is 6. The Balaban J connectivity index is 2.22. The quantitative estimate of drug-likeness (QED) is 0.683. The molecular formula is C12H25NS. The molecule has 0 aromatic carbocycles. The normalized spacial score (nSPS) is 27.9. The van der Waals surface area contributed by atoms with E-state index in [1.165, 1.54) is 50.2 Å². The van der Waals surface area contributed by atoms with E-state index in [2.05, 4.69) is 31.1 Å². The van der Waals surface area contributed by atoms with Crippen LogP contribution in [-0.2, 0) is 0 Å². The predicted octanol–water partition coefficient (Wildman–Crippen LogP) is 3.16. The van der Waals surface area contributed by atoms with Crippen molar-refractivity contribution in [2.45, 2.75) is 39.0 Å². The van der Waals surface area contributed by atoms with Crippen LogP contribution in [0.4, 0.5) is 0 Å². The standard InChI is InChI=1S/C12H25NS/c1-3-14-9-8-11-6-4-5-7-12(11)10-13-2/h11-13H,3-10H2,1-2H3. The van der Waals surface area contributed by atoms with Crippen molar-refractivity contribution in [1.82, 2.24) is 5.32 Å². The monoisotopic (exact) mass is 215 g/mol. The molecule has 1 rings (SSSR count). The Bertz CT molecular complexity index is 136. The van der Waals surface area contributed by atoms with Gasteiger partial charge in [0.25, 0.3) is 0 Å². The van der Waals surface area contributed by atoms with Gasteiger partial charge in [0.05, 0.1) is 0 Å². The fourth-order valence-electron chi connectivity index (χ4n) is 2.57. The fraction of sp³-hybridized carbons (Fsp3) is 1.00. The average Bonchev–Trinajstić information content (AvgIpc) is 2.21. The molecule has 0 bridgehead atoms. The number of hydrogen-bond donors (Lipinski definition) is 1. The maximum Gasteiger partial charge on any atom is -0.00209 e. The highest BCUT2D eigenvalue weighted by Crippen LogP contribution is 2.32. The van der Waals surface area contributed by atoms with E-state index in [1.54, 1.807) is 0 Å². The molecule has 84 valence electrons. The maximum absolute atomic E-state index is 3.35. The van der Waals surface area contributed by atoms with Crippen molar-refractivity contribution >= 4 is 11.8 Å². The smallest absolute Gasteiger partial charge is 0.00209 e. The first-order valence-electron chi connectivity index (χ1n) is 6.10. The molecule has 0 spiro atoms. The van der Waals surface area contributed by atoms with Crippen LogP contribution >= 0.6 is 11.8 Å². The molecular weight excluding hydrogens is 190 g/mol. The van der Waals surface area contributed by atoms with Gasteiger partial charge in [-0.25, -0.2) is 0 Å². The molecule has 0 radical (unpaired) electrons. The molecule has 1 aliphatic carbocycles. The Morgan fingerprint density at radius 1 is 1.21 bits per heavy atom. The average molecular weight is 215 g/mol. The Labute approximate surface area is 93.4 Å². The fourth-order valence-corrected chi connectivity index (χ4v) is 3.33. The van der Waals surface area contributed by atoms with Crippen molar-refractivity contribution in [3.63, 3.8) is 0 Å². The summed E-state index contributed by atoms with van der Waals surface area (Å²) in [6.07, 6.45) is 7.33. The van der Waals surface area contributed by atoms with Gasteiger partial charge < -0.3 is 5.32 Å². The number of nitrogens with one attached hydrogen (secondary N) is 1. The summed E-state index contributed by atoms with van der Waals surface area (Å²) in [6, 6.07) is 0. The lowest BCUT2D eigenvalue weighted by atomic mass is 9.78. The van der Waals surface area contributed by atoms with Gasteiger partial charge in [-0.15, -0.1) is 0 Å². The summed E-state index contributed by atoms with van der Waals surface area (Å²) in [7, 11) is 2.09. The molecule has 0 heterocycles. The molecule has 0 amide bonds. The van der Waals surface area contributed by atoms with Crippen LogP contribution in [-0.4, -0.2) is 25.1 Å². The molecule has 0 saturated heterocycles. The van der Waals surface area contributed by atoms with E-state index in [4.69, 9.17) is 0 Å². The van der Waals surface area contributed by atoms with Crippen LogP contribution in [0.15, 0.2) is 0 Å². The SMILES string of the molecule is CCSCCC1CCCCC1CNC. The van der Waals surface area contributed by atoms with E-state index in [9.17, 15) is 0 Å². The van der Waals surface area contributed by atoms with Gasteiger partial charge in [0.1, 0.15) is 0 Å². The van der Waals surface area contributed by atoms with Crippen LogP contribution in [0.3, 0.4) is 0 Å². The summed E-state index contributed by atoms with van der Waals surface area (Å²) in [4.78, 5) is 0. The molecule has 2 heteroatoms. The van der Waals surface area contributed by atoms with Crippen LogP contribution in [0.1, 0.15) is 39.0 Å². The van der Waals surface area contributed by atoms with E-state index < -0.39 is 0 Å². The van der Waals surface area contributed by atoms with Crippen LogP contribution in [0.25, 0.3) is 0 Å². The molecule has 0 aromatic rings. The molecule has 1 saturated carbocycles. The van der Waals surface area contributed by atoms with Crippen molar-refractivity contribution in [2.24, 2.45) is 11.8 Å². The molecule has 1 fully saturated rings. The van der Waals surface area contributed by atoms with Gasteiger partial charge in [0.15, 0.2) is 0 Å². The third-order valence-electron chi connectivity index (χ3n) is 3.37. The highest BCUT2D eigenvalue weighted by molar-refractivity contribution is 7.99. The van der Waals surface area contributed by atoms with E-state index in [1.807, 2.05) is 0 Å². The number of thioether (sulfide) groups is 1. The largest absolute Gasteiger partial charge is 0.319 e. The van der Waals surface area contributed by atoms with Crippen LogP contribution in [0.5, 0.6) is 0 Å². The first-order valence-corrected chi connectivity index (χ1v) is 7.26. The molecule has 2 atom stereocenters. The van der Waals surface area contributed by atoms with Gasteiger partial charge in [-0.2, -0.15) is 11.8 Å². The Morgan fingerprint density at radius 2 is 1.93 bits per heavy atom. The third kappa shape index (κ3) is 4.22. The van der Waals surface area contributed by atoms with Crippen molar-refractivity contribution in [3.8, 4) is 0 Å². The predicted molar refractivity (Wildman–Crippen MR) is 67.0 cm³/mol. The Kier molecular flexibility index (Phi) is 6.70. The van der Waals surface area contributed by atoms with Crippen molar-refractivity contribution < 1.29 is 0 Å². The van der Waals surface area contributed by atoms with Gasteiger partial charge >= 0.3 is 0 Å². The summed E-state index contributed by atoms with van der Waals surface area (Å²) in [5.41, 5.74) is 0. The van der Waals surface area contributed by atoms with Crippen molar-refractivity contribution in [2.75, 3.05) is 25.1 Å². The minimum Gasteiger partial charge on any atom is -0.319 e. The zero-order chi connectivity index (χ0) is 10.2. The van der Waals surface area contributed by atoms with Gasteiger partial charge in [-0.1, -0.05) is 26.2 Å². The van der Waals surface area contributed by atoms with Crippen molar-refractivity contribution in [1.29, 1.82) is 0 Å². The molecule has 1 aliphatic rings. The lowest BCUT2D eigenvalue weighted by Crippen LogP contribution is -2.29. The van der Waals surface area contributed by atoms with E-state index in [0.29, 0.717) is 0 Å². The highest BCUT2D eigenvalue weighted by Gasteiger charge is 2.23. The first kappa shape index (κ1) is 12.4. The molecule has 14 heavy (non-hydrogen) atoms. The van der Waals surface area contributed by atoms with Gasteiger partial charge in [-0.05, 0) is 49.8 Å². The topological polar surface area (TPSA) is 12.0 Å². The second-order valence-electron chi connectivity index (χ2n) is 4.35. The van der Waals surface area contributed by atoms with Crippen LogP contribution in [0, 0.1) is 11.8 Å². The molecule has 0 aliphatic heterocycles. The van der Waals surface area contributed by atoms with Gasteiger partial charge in [0.2, 0.25) is 0 Å². The minimum absolute atomic E-state index is 0.964. The highest BCUT2D eigenvalue weighted by atomic mass is 32.2. The second kappa shape index (κ2) is 7.58. The minimum atomic E-state index is 0.964. The summed E-state index contributed by atoms with van der Waals surface area (Å²) in [5.74, 6) is 4.63. The Morgan fingerprint density at radius 3 is 2.57 bits per heavy atom. The third-order valence-corrected chi connectivity index (χ3v) is 4.30. The van der Waals surface area contributed by atoms with Crippen LogP contribution < -0.4 is 5.32 Å². The summed E-state index contributed by atoms with van der Waals surface area (Å²) < 4.78 is 0. The van der Waals surface area contributed by atoms with E-state index in [-0.39, 0.29) is 0 Å². The molecule has 2 unspecified atom stereocenters. The van der Waals surface area contributed by atoms with E-state index >= 15 is 0 Å². The zero-order valence-electron chi connectivity index (χ0n) is 9.72. The Hall–Kier alpha value is 0.310. The van der Waals surface area contributed by atoms with Crippen LogP contribution in [0.2, 0.25) is 0 Å². The molecule has 1 N–H and O–H groups in total. The second-order valence-corrected chi connectivity index (χ2v) is 5.74. The summed E-state index contributed by atoms with van der Waals surface area (Å²) >= 11 is 2.10.